The first-order chi connectivity index (χ1) is 8.67. The maximum atomic E-state index is 3.70. The average molecular weight is 247 g/mol. The third-order valence-corrected chi connectivity index (χ3v) is 3.56. The summed E-state index contributed by atoms with van der Waals surface area (Å²) < 4.78 is 0. The fourth-order valence-electron chi connectivity index (χ4n) is 2.36. The predicted molar refractivity (Wildman–Crippen MR) is 81.2 cm³/mol. The van der Waals surface area contributed by atoms with Crippen molar-refractivity contribution >= 4 is 0 Å². The van der Waals surface area contributed by atoms with Crippen molar-refractivity contribution in [2.45, 2.75) is 65.8 Å². The molecule has 0 radical (unpaired) electrons. The van der Waals surface area contributed by atoms with Crippen molar-refractivity contribution < 1.29 is 0 Å². The Hall–Kier alpha value is -0.820. The van der Waals surface area contributed by atoms with Gasteiger partial charge >= 0.3 is 0 Å². The molecule has 1 atom stereocenters. The summed E-state index contributed by atoms with van der Waals surface area (Å²) in [4.78, 5) is 0. The van der Waals surface area contributed by atoms with E-state index in [2.05, 4.69) is 51.2 Å². The van der Waals surface area contributed by atoms with Crippen molar-refractivity contribution in [3.8, 4) is 0 Å². The summed E-state index contributed by atoms with van der Waals surface area (Å²) in [5.41, 5.74) is 4.32. The quantitative estimate of drug-likeness (QED) is 0.717. The van der Waals surface area contributed by atoms with Gasteiger partial charge in [0.25, 0.3) is 0 Å². The molecule has 0 aliphatic carbocycles. The van der Waals surface area contributed by atoms with Crippen molar-refractivity contribution in [2.24, 2.45) is 0 Å². The molecule has 1 unspecified atom stereocenters. The minimum absolute atomic E-state index is 0.644. The van der Waals surface area contributed by atoms with Crippen LogP contribution in [0.2, 0.25) is 0 Å². The smallest absolute Gasteiger partial charge is 0.0108 e. The van der Waals surface area contributed by atoms with Crippen LogP contribution in [0, 0.1) is 13.8 Å². The molecule has 0 aromatic heterocycles. The predicted octanol–water partition coefficient (Wildman–Crippen LogP) is 4.40. The van der Waals surface area contributed by atoms with Crippen molar-refractivity contribution in [3.63, 3.8) is 0 Å². The Kier molecular flexibility index (Phi) is 7.04. The van der Waals surface area contributed by atoms with Gasteiger partial charge in [-0.25, -0.2) is 0 Å². The van der Waals surface area contributed by atoms with Crippen LogP contribution < -0.4 is 5.32 Å². The van der Waals surface area contributed by atoms with Gasteiger partial charge in [0.05, 0.1) is 0 Å². The fraction of sp³-hybridized carbons (Fsp3) is 0.647. The Labute approximate surface area is 113 Å². The minimum Gasteiger partial charge on any atom is -0.314 e. The maximum Gasteiger partial charge on any atom is 0.0108 e. The molecule has 102 valence electrons. The zero-order valence-corrected chi connectivity index (χ0v) is 12.6. The monoisotopic (exact) mass is 247 g/mol. The largest absolute Gasteiger partial charge is 0.314 e. The zero-order chi connectivity index (χ0) is 13.4. The lowest BCUT2D eigenvalue weighted by Gasteiger charge is -2.19. The highest BCUT2D eigenvalue weighted by molar-refractivity contribution is 5.31. The minimum atomic E-state index is 0.644. The molecule has 1 heteroatoms. The first kappa shape index (κ1) is 15.2. The Balaban J connectivity index is 2.65. The molecule has 1 nitrogen and oxygen atoms in total. The normalized spacial score (nSPS) is 12.7. The van der Waals surface area contributed by atoms with Gasteiger partial charge in [-0.2, -0.15) is 0 Å². The summed E-state index contributed by atoms with van der Waals surface area (Å²) in [6.07, 6.45) is 6.30. The second kappa shape index (κ2) is 8.31. The average Bonchev–Trinajstić information content (AvgIpc) is 2.37. The number of aryl methyl sites for hydroxylation is 2. The molecule has 0 aliphatic rings. The van der Waals surface area contributed by atoms with Crippen molar-refractivity contribution in [1.29, 1.82) is 0 Å². The van der Waals surface area contributed by atoms with Crippen LogP contribution in [0.3, 0.4) is 0 Å². The molecule has 0 amide bonds. The summed E-state index contributed by atoms with van der Waals surface area (Å²) in [6, 6.07) is 7.45. The van der Waals surface area contributed by atoms with Gasteiger partial charge in [0.2, 0.25) is 0 Å². The van der Waals surface area contributed by atoms with E-state index in [0.717, 1.165) is 6.54 Å². The molecule has 1 aromatic rings. The molecule has 0 bridgehead atoms. The molecule has 0 aliphatic heterocycles. The third kappa shape index (κ3) is 5.22. The van der Waals surface area contributed by atoms with E-state index in [1.54, 1.807) is 0 Å². The van der Waals surface area contributed by atoms with E-state index in [1.165, 1.54) is 48.8 Å². The first-order valence-corrected chi connectivity index (χ1v) is 7.46. The van der Waals surface area contributed by atoms with Gasteiger partial charge in [-0.15, -0.1) is 0 Å². The SMILES string of the molecule is CCCCC(Cc1cc(C)ccc1C)NCCC. The van der Waals surface area contributed by atoms with E-state index >= 15 is 0 Å². The summed E-state index contributed by atoms with van der Waals surface area (Å²) in [5.74, 6) is 0. The summed E-state index contributed by atoms with van der Waals surface area (Å²) in [7, 11) is 0. The third-order valence-electron chi connectivity index (χ3n) is 3.56. The molecule has 0 saturated carbocycles. The van der Waals surface area contributed by atoms with Crippen LogP contribution in [0.15, 0.2) is 18.2 Å². The number of benzene rings is 1. The van der Waals surface area contributed by atoms with Crippen molar-refractivity contribution in [3.05, 3.63) is 34.9 Å². The Bertz CT molecular complexity index is 335. The van der Waals surface area contributed by atoms with Crippen LogP contribution in [-0.4, -0.2) is 12.6 Å². The molecule has 1 rings (SSSR count). The molecule has 0 saturated heterocycles. The fourth-order valence-corrected chi connectivity index (χ4v) is 2.36. The van der Waals surface area contributed by atoms with Gasteiger partial charge in [-0.3, -0.25) is 0 Å². The van der Waals surface area contributed by atoms with E-state index < -0.39 is 0 Å². The van der Waals surface area contributed by atoms with Crippen LogP contribution in [0.25, 0.3) is 0 Å². The van der Waals surface area contributed by atoms with Gasteiger partial charge in [0, 0.05) is 6.04 Å². The Morgan fingerprint density at radius 1 is 1.11 bits per heavy atom. The molecule has 0 fully saturated rings. The highest BCUT2D eigenvalue weighted by Crippen LogP contribution is 2.15. The van der Waals surface area contributed by atoms with Gasteiger partial charge in [0.15, 0.2) is 0 Å². The Morgan fingerprint density at radius 2 is 1.89 bits per heavy atom. The van der Waals surface area contributed by atoms with E-state index in [4.69, 9.17) is 0 Å². The zero-order valence-electron chi connectivity index (χ0n) is 12.6. The number of nitrogens with one attached hydrogen (secondary N) is 1. The second-order valence-electron chi connectivity index (χ2n) is 5.43. The van der Waals surface area contributed by atoms with Gasteiger partial charge in [-0.05, 0) is 50.8 Å². The van der Waals surface area contributed by atoms with Gasteiger partial charge in [-0.1, -0.05) is 50.5 Å². The topological polar surface area (TPSA) is 12.0 Å². The number of rotatable bonds is 8. The van der Waals surface area contributed by atoms with Gasteiger partial charge < -0.3 is 5.32 Å². The van der Waals surface area contributed by atoms with E-state index in [9.17, 15) is 0 Å². The summed E-state index contributed by atoms with van der Waals surface area (Å²) in [5, 5.41) is 3.70. The highest BCUT2D eigenvalue weighted by atomic mass is 14.9. The molecule has 0 heterocycles. The van der Waals surface area contributed by atoms with Gasteiger partial charge in [0.1, 0.15) is 0 Å². The van der Waals surface area contributed by atoms with E-state index in [-0.39, 0.29) is 0 Å². The van der Waals surface area contributed by atoms with E-state index in [0.29, 0.717) is 6.04 Å². The molecule has 1 aromatic carbocycles. The lowest BCUT2D eigenvalue weighted by Crippen LogP contribution is -2.32. The molecule has 18 heavy (non-hydrogen) atoms. The molecular weight excluding hydrogens is 218 g/mol. The first-order valence-electron chi connectivity index (χ1n) is 7.46. The highest BCUT2D eigenvalue weighted by Gasteiger charge is 2.10. The molecule has 0 spiro atoms. The van der Waals surface area contributed by atoms with Crippen LogP contribution in [0.5, 0.6) is 0 Å². The lowest BCUT2D eigenvalue weighted by atomic mass is 9.96. The number of unbranched alkanes of at least 4 members (excludes halogenated alkanes) is 1. The van der Waals surface area contributed by atoms with Crippen molar-refractivity contribution in [1.82, 2.24) is 5.32 Å². The maximum absolute atomic E-state index is 3.70. The van der Waals surface area contributed by atoms with Crippen LogP contribution >= 0.6 is 0 Å². The van der Waals surface area contributed by atoms with Crippen LogP contribution in [-0.2, 0) is 6.42 Å². The Morgan fingerprint density at radius 3 is 2.56 bits per heavy atom. The summed E-state index contributed by atoms with van der Waals surface area (Å²) >= 11 is 0. The van der Waals surface area contributed by atoms with Crippen molar-refractivity contribution in [2.75, 3.05) is 6.54 Å². The lowest BCUT2D eigenvalue weighted by molar-refractivity contribution is 0.461. The summed E-state index contributed by atoms with van der Waals surface area (Å²) in [6.45, 7) is 10.1. The molecule has 1 N–H and O–H groups in total. The van der Waals surface area contributed by atoms with E-state index in [1.807, 2.05) is 0 Å². The second-order valence-corrected chi connectivity index (χ2v) is 5.43. The van der Waals surface area contributed by atoms with Crippen LogP contribution in [0.1, 0.15) is 56.2 Å². The standard InChI is InChI=1S/C17H29N/c1-5-7-8-17(18-11-6-2)13-16-12-14(3)9-10-15(16)4/h9-10,12,17-18H,5-8,11,13H2,1-4H3. The number of hydrogen-bond acceptors (Lipinski definition) is 1. The molecular formula is C17H29N. The van der Waals surface area contributed by atoms with Crippen LogP contribution in [0.4, 0.5) is 0 Å². The number of hydrogen-bond donors (Lipinski definition) is 1.